The van der Waals surface area contributed by atoms with Gasteiger partial charge in [-0.3, -0.25) is 0 Å². The minimum Gasteiger partial charge on any atom is -0.379 e. The predicted molar refractivity (Wildman–Crippen MR) is 84.4 cm³/mol. The van der Waals surface area contributed by atoms with Crippen LogP contribution in [0.4, 0.5) is 15.2 Å². The molecular weight excluding hydrogens is 297 g/mol. The zero-order valence-corrected chi connectivity index (χ0v) is 13.1. The van der Waals surface area contributed by atoms with E-state index >= 15 is 0 Å². The number of rotatable bonds is 6. The van der Waals surface area contributed by atoms with Crippen LogP contribution < -0.4 is 10.2 Å². The number of halogens is 2. The maximum absolute atomic E-state index is 13.0. The van der Waals surface area contributed by atoms with E-state index in [4.69, 9.17) is 11.6 Å². The molecule has 0 saturated heterocycles. The molecule has 0 bridgehead atoms. The predicted octanol–water partition coefficient (Wildman–Crippen LogP) is 4.39. The molecule has 0 saturated carbocycles. The SMILES string of the molecule is CCN(CC)c1ncc(CNc2ccc(F)cc2Cl)s1. The van der Waals surface area contributed by atoms with Gasteiger partial charge in [-0.15, -0.1) is 11.3 Å². The van der Waals surface area contributed by atoms with E-state index < -0.39 is 0 Å². The van der Waals surface area contributed by atoms with Gasteiger partial charge >= 0.3 is 0 Å². The van der Waals surface area contributed by atoms with Gasteiger partial charge in [-0.05, 0) is 32.0 Å². The van der Waals surface area contributed by atoms with Gasteiger partial charge in [0, 0.05) is 24.2 Å². The molecule has 3 nitrogen and oxygen atoms in total. The number of hydrogen-bond acceptors (Lipinski definition) is 4. The Bertz CT molecular complexity index is 569. The quantitative estimate of drug-likeness (QED) is 0.857. The van der Waals surface area contributed by atoms with E-state index in [9.17, 15) is 4.39 Å². The highest BCUT2D eigenvalue weighted by Gasteiger charge is 2.08. The Labute approximate surface area is 127 Å². The molecule has 1 N–H and O–H groups in total. The number of anilines is 2. The Morgan fingerprint density at radius 3 is 2.75 bits per heavy atom. The van der Waals surface area contributed by atoms with Gasteiger partial charge in [-0.25, -0.2) is 9.37 Å². The summed E-state index contributed by atoms with van der Waals surface area (Å²) in [6.45, 7) is 6.74. The lowest BCUT2D eigenvalue weighted by Gasteiger charge is -2.16. The lowest BCUT2D eigenvalue weighted by atomic mass is 10.3. The number of thiazole rings is 1. The van der Waals surface area contributed by atoms with Crippen molar-refractivity contribution in [2.45, 2.75) is 20.4 Å². The second-order valence-corrected chi connectivity index (χ2v) is 5.76. The van der Waals surface area contributed by atoms with Gasteiger partial charge in [-0.2, -0.15) is 0 Å². The molecule has 0 spiro atoms. The lowest BCUT2D eigenvalue weighted by Crippen LogP contribution is -2.21. The van der Waals surface area contributed by atoms with E-state index in [0.29, 0.717) is 11.6 Å². The van der Waals surface area contributed by atoms with Crippen molar-refractivity contribution in [2.75, 3.05) is 23.3 Å². The Kier molecular flexibility index (Phi) is 5.20. The van der Waals surface area contributed by atoms with Crippen LogP contribution in [-0.4, -0.2) is 18.1 Å². The molecule has 20 heavy (non-hydrogen) atoms. The molecule has 1 aromatic carbocycles. The highest BCUT2D eigenvalue weighted by molar-refractivity contribution is 7.15. The van der Waals surface area contributed by atoms with E-state index in [0.717, 1.165) is 28.8 Å². The molecule has 0 atom stereocenters. The van der Waals surface area contributed by atoms with E-state index in [1.807, 2.05) is 6.20 Å². The topological polar surface area (TPSA) is 28.2 Å². The monoisotopic (exact) mass is 313 g/mol. The number of nitrogens with zero attached hydrogens (tertiary/aromatic N) is 2. The first-order chi connectivity index (χ1) is 9.63. The summed E-state index contributed by atoms with van der Waals surface area (Å²) in [7, 11) is 0. The molecule has 1 heterocycles. The van der Waals surface area contributed by atoms with Crippen LogP contribution in [0.15, 0.2) is 24.4 Å². The molecule has 0 aliphatic carbocycles. The average Bonchev–Trinajstić information content (AvgIpc) is 2.88. The van der Waals surface area contributed by atoms with Gasteiger partial charge in [0.25, 0.3) is 0 Å². The van der Waals surface area contributed by atoms with Crippen molar-refractivity contribution in [3.8, 4) is 0 Å². The Morgan fingerprint density at radius 1 is 1.35 bits per heavy atom. The van der Waals surface area contributed by atoms with Crippen LogP contribution >= 0.6 is 22.9 Å². The molecule has 1 aromatic heterocycles. The second-order valence-electron chi connectivity index (χ2n) is 4.26. The first-order valence-corrected chi connectivity index (χ1v) is 7.72. The minimum absolute atomic E-state index is 0.331. The van der Waals surface area contributed by atoms with Crippen molar-refractivity contribution >= 4 is 33.8 Å². The fourth-order valence-corrected chi connectivity index (χ4v) is 3.05. The van der Waals surface area contributed by atoms with E-state index in [-0.39, 0.29) is 5.82 Å². The normalized spacial score (nSPS) is 10.6. The van der Waals surface area contributed by atoms with Gasteiger partial charge in [0.1, 0.15) is 5.82 Å². The van der Waals surface area contributed by atoms with Gasteiger partial charge in [0.2, 0.25) is 0 Å². The summed E-state index contributed by atoms with van der Waals surface area (Å²) >= 11 is 7.63. The van der Waals surface area contributed by atoms with Crippen molar-refractivity contribution < 1.29 is 4.39 Å². The summed E-state index contributed by atoms with van der Waals surface area (Å²) in [4.78, 5) is 7.74. The average molecular weight is 314 g/mol. The number of aromatic nitrogens is 1. The molecule has 0 radical (unpaired) electrons. The molecule has 108 valence electrons. The lowest BCUT2D eigenvalue weighted by molar-refractivity contribution is 0.628. The number of benzene rings is 1. The van der Waals surface area contributed by atoms with Gasteiger partial charge in [0.05, 0.1) is 17.3 Å². The third-order valence-electron chi connectivity index (χ3n) is 2.96. The molecule has 0 unspecified atom stereocenters. The first kappa shape index (κ1) is 15.1. The van der Waals surface area contributed by atoms with E-state index in [1.54, 1.807) is 17.4 Å². The number of nitrogens with one attached hydrogen (secondary N) is 1. The zero-order chi connectivity index (χ0) is 14.5. The molecule has 6 heteroatoms. The maximum atomic E-state index is 13.0. The van der Waals surface area contributed by atoms with E-state index in [1.165, 1.54) is 12.1 Å². The summed E-state index contributed by atoms with van der Waals surface area (Å²) in [5.74, 6) is -0.331. The first-order valence-electron chi connectivity index (χ1n) is 6.52. The highest BCUT2D eigenvalue weighted by atomic mass is 35.5. The molecule has 2 rings (SSSR count). The van der Waals surface area contributed by atoms with E-state index in [2.05, 4.69) is 29.0 Å². The third-order valence-corrected chi connectivity index (χ3v) is 4.33. The van der Waals surface area contributed by atoms with Crippen LogP contribution in [0.3, 0.4) is 0 Å². The third kappa shape index (κ3) is 3.61. The van der Waals surface area contributed by atoms with Gasteiger partial charge in [0.15, 0.2) is 5.13 Å². The smallest absolute Gasteiger partial charge is 0.185 e. The van der Waals surface area contributed by atoms with Crippen LogP contribution in [-0.2, 0) is 6.54 Å². The Morgan fingerprint density at radius 2 is 2.10 bits per heavy atom. The summed E-state index contributed by atoms with van der Waals surface area (Å²) < 4.78 is 13.0. The summed E-state index contributed by atoms with van der Waals surface area (Å²) in [5, 5.41) is 4.61. The van der Waals surface area contributed by atoms with Crippen LogP contribution in [0.1, 0.15) is 18.7 Å². The largest absolute Gasteiger partial charge is 0.379 e. The zero-order valence-electron chi connectivity index (χ0n) is 11.5. The van der Waals surface area contributed by atoms with Crippen LogP contribution in [0.25, 0.3) is 0 Å². The summed E-state index contributed by atoms with van der Waals surface area (Å²) in [6, 6.07) is 4.34. The molecule has 0 amide bonds. The fourth-order valence-electron chi connectivity index (χ4n) is 1.83. The molecule has 0 aliphatic heterocycles. The molecule has 2 aromatic rings. The molecule has 0 aliphatic rings. The summed E-state index contributed by atoms with van der Waals surface area (Å²) in [6.07, 6.45) is 1.86. The summed E-state index contributed by atoms with van der Waals surface area (Å²) in [5.41, 5.74) is 0.728. The second kappa shape index (κ2) is 6.90. The van der Waals surface area contributed by atoms with Crippen molar-refractivity contribution in [2.24, 2.45) is 0 Å². The minimum atomic E-state index is -0.331. The molecule has 0 fully saturated rings. The van der Waals surface area contributed by atoms with Crippen molar-refractivity contribution in [1.29, 1.82) is 0 Å². The maximum Gasteiger partial charge on any atom is 0.185 e. The van der Waals surface area contributed by atoms with Gasteiger partial charge < -0.3 is 10.2 Å². The molecular formula is C14H17ClFN3S. The van der Waals surface area contributed by atoms with Crippen LogP contribution in [0, 0.1) is 5.82 Å². The Hall–Kier alpha value is -1.33. The Balaban J connectivity index is 2.00. The van der Waals surface area contributed by atoms with Gasteiger partial charge in [-0.1, -0.05) is 11.6 Å². The van der Waals surface area contributed by atoms with Crippen molar-refractivity contribution in [3.05, 3.63) is 40.1 Å². The van der Waals surface area contributed by atoms with Crippen LogP contribution in [0.5, 0.6) is 0 Å². The van der Waals surface area contributed by atoms with Crippen molar-refractivity contribution in [1.82, 2.24) is 4.98 Å². The van der Waals surface area contributed by atoms with Crippen molar-refractivity contribution in [3.63, 3.8) is 0 Å². The van der Waals surface area contributed by atoms with Crippen LogP contribution in [0.2, 0.25) is 5.02 Å². The fraction of sp³-hybridized carbons (Fsp3) is 0.357. The number of hydrogen-bond donors (Lipinski definition) is 1. The highest BCUT2D eigenvalue weighted by Crippen LogP contribution is 2.26. The standard InChI is InChI=1S/C14H17ClFN3S/c1-3-19(4-2)14-18-9-11(20-14)8-17-13-6-5-10(16)7-12(13)15/h5-7,9,17H,3-4,8H2,1-2H3.